The fourth-order valence-electron chi connectivity index (χ4n) is 2.16. The molecule has 1 heterocycles. The van der Waals surface area contributed by atoms with Crippen LogP contribution in [0.5, 0.6) is 0 Å². The molecule has 0 bridgehead atoms. The Labute approximate surface area is 127 Å². The summed E-state index contributed by atoms with van der Waals surface area (Å²) >= 11 is 0. The number of rotatable bonds is 1. The zero-order valence-electron chi connectivity index (χ0n) is 12.2. The van der Waals surface area contributed by atoms with E-state index in [2.05, 4.69) is 12.1 Å². The number of amides is 1. The van der Waals surface area contributed by atoms with Gasteiger partial charge in [0.05, 0.1) is 0 Å². The van der Waals surface area contributed by atoms with Crippen molar-refractivity contribution in [2.45, 2.75) is 45.3 Å². The molecule has 0 aliphatic carbocycles. The average Bonchev–Trinajstić information content (AvgIpc) is 2.76. The molecule has 1 fully saturated rings. The van der Waals surface area contributed by atoms with Crippen molar-refractivity contribution in [3.05, 3.63) is 42.4 Å². The van der Waals surface area contributed by atoms with Crippen LogP contribution in [-0.2, 0) is 4.74 Å². The zero-order valence-corrected chi connectivity index (χ0v) is 12.2. The Morgan fingerprint density at radius 2 is 1.95 bits per heavy atom. The molecule has 4 heteroatoms. The number of hydrogen-bond donors (Lipinski definition) is 0. The van der Waals surface area contributed by atoms with E-state index in [0.717, 1.165) is 18.4 Å². The summed E-state index contributed by atoms with van der Waals surface area (Å²) in [5.41, 5.74) is 0.714. The number of ether oxygens (including phenoxy) is 1. The maximum Gasteiger partial charge on any atom is 1.00 e. The molecule has 1 aromatic carbocycles. The predicted octanol–water partition coefficient (Wildman–Crippen LogP) is 0.924. The number of likely N-dealkylation sites (tertiary alicyclic amines) is 1. The standard InChI is InChI=1S/C15H20NO2.Li/c1-15(2,3)18-14(17)16-11-7-10-13(16)12-8-5-4-6-9-12;/h4-6,8-9,11,13H,7,10H2,1-3H3;/q-1;+1/t13-;/m0./s1. The number of nitrogens with zero attached hydrogens (tertiary/aromatic N) is 1. The Kier molecular flexibility index (Phi) is 5.52. The summed E-state index contributed by atoms with van der Waals surface area (Å²) in [6.45, 7) is 7.60. The molecule has 2 rings (SSSR count). The molecule has 1 saturated heterocycles. The van der Waals surface area contributed by atoms with Gasteiger partial charge in [-0.2, -0.15) is 6.42 Å². The van der Waals surface area contributed by atoms with Gasteiger partial charge in [-0.15, -0.1) is 0 Å². The number of carbonyl (C=O) groups excluding carboxylic acids is 1. The summed E-state index contributed by atoms with van der Waals surface area (Å²) in [4.78, 5) is 13.8. The molecule has 0 N–H and O–H groups in total. The van der Waals surface area contributed by atoms with Crippen LogP contribution in [0.2, 0.25) is 0 Å². The molecule has 1 aliphatic rings. The van der Waals surface area contributed by atoms with Crippen molar-refractivity contribution in [1.82, 2.24) is 4.90 Å². The fraction of sp³-hybridized carbons (Fsp3) is 0.467. The van der Waals surface area contributed by atoms with Crippen LogP contribution >= 0.6 is 0 Å². The maximum atomic E-state index is 12.1. The maximum absolute atomic E-state index is 12.1. The van der Waals surface area contributed by atoms with Crippen molar-refractivity contribution in [1.29, 1.82) is 0 Å². The Bertz CT molecular complexity index is 414. The zero-order chi connectivity index (χ0) is 13.2. The third-order valence-corrected chi connectivity index (χ3v) is 2.89. The SMILES string of the molecule is CC(C)(C)OC(=O)N1[CH-]CC[C@H]1c1ccccc1.[Li+]. The van der Waals surface area contributed by atoms with Gasteiger partial charge in [0.2, 0.25) is 0 Å². The van der Waals surface area contributed by atoms with Gasteiger partial charge in [-0.25, -0.2) is 11.3 Å². The second-order valence-electron chi connectivity index (χ2n) is 5.57. The summed E-state index contributed by atoms with van der Waals surface area (Å²) in [7, 11) is 0. The van der Waals surface area contributed by atoms with Crippen LogP contribution in [0, 0.1) is 6.54 Å². The van der Waals surface area contributed by atoms with Crippen LogP contribution in [0.15, 0.2) is 30.3 Å². The van der Waals surface area contributed by atoms with Crippen molar-refractivity contribution < 1.29 is 28.4 Å². The first-order chi connectivity index (χ1) is 8.47. The van der Waals surface area contributed by atoms with Gasteiger partial charge in [0, 0.05) is 6.04 Å². The predicted molar refractivity (Wildman–Crippen MR) is 70.8 cm³/mol. The van der Waals surface area contributed by atoms with Crippen LogP contribution < -0.4 is 18.9 Å². The van der Waals surface area contributed by atoms with E-state index in [1.54, 1.807) is 4.90 Å². The summed E-state index contributed by atoms with van der Waals surface area (Å²) < 4.78 is 5.43. The van der Waals surface area contributed by atoms with Crippen LogP contribution in [0.25, 0.3) is 0 Å². The summed E-state index contributed by atoms with van der Waals surface area (Å²) in [6.07, 6.45) is 1.62. The van der Waals surface area contributed by atoms with E-state index in [1.807, 2.05) is 45.5 Å². The minimum absolute atomic E-state index is 0. The topological polar surface area (TPSA) is 29.5 Å². The third-order valence-electron chi connectivity index (χ3n) is 2.89. The van der Waals surface area contributed by atoms with Crippen molar-refractivity contribution in [2.24, 2.45) is 0 Å². The molecule has 1 aliphatic heterocycles. The number of carbonyl (C=O) groups is 1. The van der Waals surface area contributed by atoms with Gasteiger partial charge < -0.3 is 9.64 Å². The molecule has 1 aromatic rings. The van der Waals surface area contributed by atoms with E-state index in [9.17, 15) is 4.79 Å². The van der Waals surface area contributed by atoms with Gasteiger partial charge in [-0.3, -0.25) is 0 Å². The number of benzene rings is 1. The van der Waals surface area contributed by atoms with Gasteiger partial charge in [0.25, 0.3) is 0 Å². The minimum Gasteiger partial charge on any atom is -0.452 e. The first-order valence-electron chi connectivity index (χ1n) is 6.37. The van der Waals surface area contributed by atoms with Gasteiger partial charge >= 0.3 is 25.0 Å². The van der Waals surface area contributed by atoms with Crippen LogP contribution in [-0.4, -0.2) is 16.6 Å². The van der Waals surface area contributed by atoms with E-state index in [-0.39, 0.29) is 31.0 Å². The van der Waals surface area contributed by atoms with Crippen LogP contribution in [0.3, 0.4) is 0 Å². The van der Waals surface area contributed by atoms with Crippen LogP contribution in [0.4, 0.5) is 4.79 Å². The summed E-state index contributed by atoms with van der Waals surface area (Å²) in [6, 6.07) is 10.2. The van der Waals surface area contributed by atoms with Crippen molar-refractivity contribution >= 4 is 6.09 Å². The van der Waals surface area contributed by atoms with E-state index < -0.39 is 5.60 Å². The van der Waals surface area contributed by atoms with Crippen molar-refractivity contribution in [3.8, 4) is 0 Å². The monoisotopic (exact) mass is 253 g/mol. The van der Waals surface area contributed by atoms with E-state index in [1.165, 1.54) is 0 Å². The van der Waals surface area contributed by atoms with E-state index in [4.69, 9.17) is 4.74 Å². The second-order valence-corrected chi connectivity index (χ2v) is 5.57. The van der Waals surface area contributed by atoms with Gasteiger partial charge in [-0.05, 0) is 26.3 Å². The van der Waals surface area contributed by atoms with Gasteiger partial charge in [-0.1, -0.05) is 36.8 Å². The van der Waals surface area contributed by atoms with Gasteiger partial charge in [0.1, 0.15) is 5.60 Å². The first kappa shape index (κ1) is 16.1. The molecule has 0 spiro atoms. The molecule has 98 valence electrons. The minimum atomic E-state index is -0.450. The summed E-state index contributed by atoms with van der Waals surface area (Å²) in [5.74, 6) is 0. The molecule has 0 unspecified atom stereocenters. The van der Waals surface area contributed by atoms with Gasteiger partial charge in [0.15, 0.2) is 0 Å². The quantitative estimate of drug-likeness (QED) is 0.550. The summed E-state index contributed by atoms with van der Waals surface area (Å²) in [5, 5.41) is 0. The molecule has 1 amide bonds. The third kappa shape index (κ3) is 4.30. The smallest absolute Gasteiger partial charge is 0.452 e. The Morgan fingerprint density at radius 3 is 2.53 bits per heavy atom. The van der Waals surface area contributed by atoms with Crippen molar-refractivity contribution in [2.75, 3.05) is 0 Å². The van der Waals surface area contributed by atoms with Crippen molar-refractivity contribution in [3.63, 3.8) is 0 Å². The molecule has 1 atom stereocenters. The molecular formula is C15H20LiNO2. The Balaban J connectivity index is 0.00000180. The molecule has 0 aromatic heterocycles. The first-order valence-corrected chi connectivity index (χ1v) is 6.37. The Hall–Kier alpha value is -0.913. The molecule has 3 nitrogen and oxygen atoms in total. The second kappa shape index (κ2) is 6.50. The fourth-order valence-corrected chi connectivity index (χ4v) is 2.16. The number of hydrogen-bond acceptors (Lipinski definition) is 2. The molecule has 0 radical (unpaired) electrons. The average molecular weight is 253 g/mol. The Morgan fingerprint density at radius 1 is 1.32 bits per heavy atom. The van der Waals surface area contributed by atoms with E-state index >= 15 is 0 Å². The molecule has 19 heavy (non-hydrogen) atoms. The molecule has 0 saturated carbocycles. The molecular weight excluding hydrogens is 233 g/mol. The van der Waals surface area contributed by atoms with E-state index in [0.29, 0.717) is 0 Å². The van der Waals surface area contributed by atoms with Crippen LogP contribution in [0.1, 0.15) is 45.2 Å². The largest absolute Gasteiger partial charge is 1.00 e. The normalized spacial score (nSPS) is 18.9.